The molecule has 2 rings (SSSR count). The Hall–Kier alpha value is -1.31. The fourth-order valence-electron chi connectivity index (χ4n) is 2.68. The van der Waals surface area contributed by atoms with Crippen LogP contribution in [0.2, 0.25) is 0 Å². The summed E-state index contributed by atoms with van der Waals surface area (Å²) >= 11 is 0. The van der Waals surface area contributed by atoms with Gasteiger partial charge in [-0.05, 0) is 12.5 Å². The highest BCUT2D eigenvalue weighted by molar-refractivity contribution is 5.87. The molecular weight excluding hydrogens is 236 g/mol. The van der Waals surface area contributed by atoms with E-state index < -0.39 is 0 Å². The molecule has 0 N–H and O–H groups in total. The first-order chi connectivity index (χ1) is 9.33. The number of rotatable bonds is 8. The highest BCUT2D eigenvalue weighted by Gasteiger charge is 2.28. The Morgan fingerprint density at radius 2 is 1.89 bits per heavy atom. The predicted octanol–water partition coefficient (Wildman–Crippen LogP) is 4.48. The second-order valence-corrected chi connectivity index (χ2v) is 5.39. The molecule has 2 heteroatoms. The molecule has 0 bridgehead atoms. The molecule has 19 heavy (non-hydrogen) atoms. The third-order valence-corrected chi connectivity index (χ3v) is 3.87. The van der Waals surface area contributed by atoms with E-state index >= 15 is 0 Å². The van der Waals surface area contributed by atoms with Crippen LogP contribution in [0, 0.1) is 0 Å². The monoisotopic (exact) mass is 260 g/mol. The van der Waals surface area contributed by atoms with Crippen LogP contribution in [0.25, 0.3) is 0 Å². The van der Waals surface area contributed by atoms with E-state index in [9.17, 15) is 4.79 Å². The molecule has 0 amide bonds. The van der Waals surface area contributed by atoms with Crippen LogP contribution in [0.1, 0.15) is 63.4 Å². The van der Waals surface area contributed by atoms with Crippen LogP contribution in [0.15, 0.2) is 24.3 Å². The zero-order chi connectivity index (χ0) is 13.5. The highest BCUT2D eigenvalue weighted by atomic mass is 16.5. The lowest BCUT2D eigenvalue weighted by molar-refractivity contribution is -0.120. The van der Waals surface area contributed by atoms with Crippen molar-refractivity contribution < 1.29 is 9.53 Å². The number of para-hydroxylation sites is 1. The Balaban J connectivity index is 1.73. The number of benzene rings is 1. The number of Topliss-reactive ketones (excluding diaryl/α,β-unsaturated/α-hetero) is 1. The van der Waals surface area contributed by atoms with Gasteiger partial charge < -0.3 is 4.74 Å². The molecule has 1 atom stereocenters. The van der Waals surface area contributed by atoms with E-state index in [1.165, 1.54) is 32.1 Å². The normalized spacial score (nSPS) is 17.0. The summed E-state index contributed by atoms with van der Waals surface area (Å²) in [5, 5.41) is 0. The molecule has 1 unspecified atom stereocenters. The molecule has 0 saturated heterocycles. The summed E-state index contributed by atoms with van der Waals surface area (Å²) in [4.78, 5) is 12.2. The maximum Gasteiger partial charge on any atom is 0.143 e. The van der Waals surface area contributed by atoms with Crippen molar-refractivity contribution in [2.45, 2.75) is 57.8 Å². The number of ether oxygens (including phenoxy) is 1. The zero-order valence-electron chi connectivity index (χ0n) is 11.9. The van der Waals surface area contributed by atoms with Crippen molar-refractivity contribution in [3.05, 3.63) is 29.8 Å². The molecule has 2 nitrogen and oxygen atoms in total. The summed E-state index contributed by atoms with van der Waals surface area (Å²) in [7, 11) is 0. The summed E-state index contributed by atoms with van der Waals surface area (Å²) in [6, 6.07) is 7.91. The van der Waals surface area contributed by atoms with Crippen LogP contribution in [0.4, 0.5) is 0 Å². The topological polar surface area (TPSA) is 26.3 Å². The van der Waals surface area contributed by atoms with E-state index in [-0.39, 0.29) is 5.92 Å². The predicted molar refractivity (Wildman–Crippen MR) is 77.7 cm³/mol. The number of hydrogen-bond donors (Lipinski definition) is 0. The highest BCUT2D eigenvalue weighted by Crippen LogP contribution is 2.34. The molecule has 0 fully saturated rings. The van der Waals surface area contributed by atoms with Crippen molar-refractivity contribution >= 4 is 5.78 Å². The molecule has 0 saturated carbocycles. The van der Waals surface area contributed by atoms with Gasteiger partial charge in [-0.15, -0.1) is 0 Å². The van der Waals surface area contributed by atoms with Crippen LogP contribution in [-0.4, -0.2) is 12.4 Å². The molecule has 0 radical (unpaired) electrons. The lowest BCUT2D eigenvalue weighted by Crippen LogP contribution is -2.13. The molecule has 1 heterocycles. The average molecular weight is 260 g/mol. The first-order valence-electron chi connectivity index (χ1n) is 7.57. The van der Waals surface area contributed by atoms with Gasteiger partial charge in [0.05, 0.1) is 5.92 Å². The Bertz CT molecular complexity index is 411. The summed E-state index contributed by atoms with van der Waals surface area (Å²) in [5.74, 6) is 1.22. The second kappa shape index (κ2) is 7.32. The fourth-order valence-corrected chi connectivity index (χ4v) is 2.68. The van der Waals surface area contributed by atoms with Gasteiger partial charge in [0.25, 0.3) is 0 Å². The van der Waals surface area contributed by atoms with Crippen LogP contribution >= 0.6 is 0 Å². The SMILES string of the molecule is CCCCCCCCC(=O)C1COc2ccccc21. The van der Waals surface area contributed by atoms with Crippen LogP contribution in [0.5, 0.6) is 5.75 Å². The lowest BCUT2D eigenvalue weighted by Gasteiger charge is -2.07. The first kappa shape index (κ1) is 14.1. The van der Waals surface area contributed by atoms with Crippen molar-refractivity contribution in [2.24, 2.45) is 0 Å². The smallest absolute Gasteiger partial charge is 0.143 e. The number of fused-ring (bicyclic) bond motifs is 1. The third-order valence-electron chi connectivity index (χ3n) is 3.87. The molecule has 1 aromatic carbocycles. The number of ketones is 1. The summed E-state index contributed by atoms with van der Waals surface area (Å²) in [6.45, 7) is 2.76. The quantitative estimate of drug-likeness (QED) is 0.644. The van der Waals surface area contributed by atoms with Gasteiger partial charge in [0, 0.05) is 12.0 Å². The van der Waals surface area contributed by atoms with E-state index in [0.717, 1.165) is 17.7 Å². The van der Waals surface area contributed by atoms with Crippen molar-refractivity contribution in [2.75, 3.05) is 6.61 Å². The molecular formula is C17H24O2. The van der Waals surface area contributed by atoms with Crippen LogP contribution in [-0.2, 0) is 4.79 Å². The van der Waals surface area contributed by atoms with Gasteiger partial charge in [0.2, 0.25) is 0 Å². The van der Waals surface area contributed by atoms with Crippen molar-refractivity contribution in [3.8, 4) is 5.75 Å². The van der Waals surface area contributed by atoms with Crippen LogP contribution in [0.3, 0.4) is 0 Å². The number of carbonyl (C=O) groups excluding carboxylic acids is 1. The maximum atomic E-state index is 12.2. The Morgan fingerprint density at radius 1 is 1.16 bits per heavy atom. The third kappa shape index (κ3) is 3.82. The Morgan fingerprint density at radius 3 is 2.74 bits per heavy atom. The molecule has 1 aromatic rings. The van der Waals surface area contributed by atoms with E-state index in [1.54, 1.807) is 0 Å². The van der Waals surface area contributed by atoms with Gasteiger partial charge in [-0.3, -0.25) is 4.79 Å². The van der Waals surface area contributed by atoms with Gasteiger partial charge in [0.15, 0.2) is 0 Å². The molecule has 104 valence electrons. The minimum atomic E-state index is -0.0214. The number of hydrogen-bond acceptors (Lipinski definition) is 2. The molecule has 1 aliphatic heterocycles. The largest absolute Gasteiger partial charge is 0.492 e. The average Bonchev–Trinajstić information content (AvgIpc) is 2.86. The minimum absolute atomic E-state index is 0.0214. The van der Waals surface area contributed by atoms with E-state index in [2.05, 4.69) is 6.92 Å². The molecule has 0 spiro atoms. The lowest BCUT2D eigenvalue weighted by atomic mass is 9.93. The summed E-state index contributed by atoms with van der Waals surface area (Å²) in [5.41, 5.74) is 1.08. The summed E-state index contributed by atoms with van der Waals surface area (Å²) < 4.78 is 5.57. The van der Waals surface area contributed by atoms with E-state index in [1.807, 2.05) is 24.3 Å². The Kier molecular flexibility index (Phi) is 5.44. The van der Waals surface area contributed by atoms with Crippen molar-refractivity contribution in [3.63, 3.8) is 0 Å². The van der Waals surface area contributed by atoms with Gasteiger partial charge in [-0.25, -0.2) is 0 Å². The first-order valence-corrected chi connectivity index (χ1v) is 7.57. The second-order valence-electron chi connectivity index (χ2n) is 5.39. The molecule has 0 aromatic heterocycles. The van der Waals surface area contributed by atoms with Crippen molar-refractivity contribution in [1.82, 2.24) is 0 Å². The van der Waals surface area contributed by atoms with Gasteiger partial charge in [0.1, 0.15) is 18.1 Å². The Labute approximate surface area is 116 Å². The zero-order valence-corrected chi connectivity index (χ0v) is 11.9. The van der Waals surface area contributed by atoms with Crippen molar-refractivity contribution in [1.29, 1.82) is 0 Å². The van der Waals surface area contributed by atoms with E-state index in [0.29, 0.717) is 18.8 Å². The molecule has 1 aliphatic rings. The van der Waals surface area contributed by atoms with Gasteiger partial charge >= 0.3 is 0 Å². The van der Waals surface area contributed by atoms with Gasteiger partial charge in [-0.2, -0.15) is 0 Å². The standard InChI is InChI=1S/C17H24O2/c1-2-3-4-5-6-7-11-16(18)15-13-19-17-12-9-8-10-14(15)17/h8-10,12,15H,2-7,11,13H2,1H3. The van der Waals surface area contributed by atoms with E-state index in [4.69, 9.17) is 4.74 Å². The molecule has 0 aliphatic carbocycles. The number of unbranched alkanes of at least 4 members (excludes halogenated alkanes) is 5. The minimum Gasteiger partial charge on any atom is -0.492 e. The fraction of sp³-hybridized carbons (Fsp3) is 0.588. The van der Waals surface area contributed by atoms with Crippen LogP contribution < -0.4 is 4.74 Å². The van der Waals surface area contributed by atoms with Gasteiger partial charge in [-0.1, -0.05) is 57.2 Å². The maximum absolute atomic E-state index is 12.2. The summed E-state index contributed by atoms with van der Waals surface area (Å²) in [6.07, 6.45) is 8.07. The number of carbonyl (C=O) groups is 1.